The van der Waals surface area contributed by atoms with Gasteiger partial charge in [-0.05, 0) is 38.1 Å². The van der Waals surface area contributed by atoms with E-state index in [0.29, 0.717) is 17.2 Å². The summed E-state index contributed by atoms with van der Waals surface area (Å²) in [5.41, 5.74) is 7.79. The predicted molar refractivity (Wildman–Crippen MR) is 83.3 cm³/mol. The van der Waals surface area contributed by atoms with Crippen LogP contribution in [0.15, 0.2) is 36.5 Å². The van der Waals surface area contributed by atoms with Crippen LogP contribution in [-0.4, -0.2) is 20.7 Å². The van der Waals surface area contributed by atoms with Gasteiger partial charge in [0.2, 0.25) is 0 Å². The number of carbonyl (C=O) groups excluding carboxylic acids is 1. The lowest BCUT2D eigenvalue weighted by Gasteiger charge is -2.11. The van der Waals surface area contributed by atoms with Crippen LogP contribution in [-0.2, 0) is 0 Å². The molecular formula is C15H17N5O. The smallest absolute Gasteiger partial charge is 0.273 e. The number of nitrogens with one attached hydrogen (secondary N) is 2. The van der Waals surface area contributed by atoms with Crippen molar-refractivity contribution in [3.63, 3.8) is 0 Å². The van der Waals surface area contributed by atoms with E-state index in [0.717, 1.165) is 10.9 Å². The lowest BCUT2D eigenvalue weighted by molar-refractivity contribution is 0.102. The Morgan fingerprint density at radius 2 is 2.14 bits per heavy atom. The first-order valence-corrected chi connectivity index (χ1v) is 6.77. The first kappa shape index (κ1) is 13.2. The van der Waals surface area contributed by atoms with Crippen LogP contribution in [0.1, 0.15) is 30.4 Å². The van der Waals surface area contributed by atoms with Crippen molar-refractivity contribution in [2.45, 2.75) is 19.9 Å². The van der Waals surface area contributed by atoms with Gasteiger partial charge in [-0.3, -0.25) is 4.79 Å². The fourth-order valence-corrected chi connectivity index (χ4v) is 2.28. The van der Waals surface area contributed by atoms with Gasteiger partial charge in [-0.25, -0.2) is 4.68 Å². The zero-order chi connectivity index (χ0) is 15.0. The Balaban J connectivity index is 1.88. The molecule has 0 saturated heterocycles. The van der Waals surface area contributed by atoms with E-state index in [1.165, 1.54) is 0 Å². The lowest BCUT2D eigenvalue weighted by atomic mass is 10.2. The van der Waals surface area contributed by atoms with Gasteiger partial charge in [0, 0.05) is 28.7 Å². The van der Waals surface area contributed by atoms with Crippen molar-refractivity contribution in [3.05, 3.63) is 42.2 Å². The summed E-state index contributed by atoms with van der Waals surface area (Å²) in [6.07, 6.45) is 1.67. The van der Waals surface area contributed by atoms with Gasteiger partial charge in [-0.2, -0.15) is 5.10 Å². The molecule has 2 aromatic heterocycles. The molecule has 3 rings (SSSR count). The summed E-state index contributed by atoms with van der Waals surface area (Å²) < 4.78 is 1.76. The maximum atomic E-state index is 12.3. The number of fused-ring (bicyclic) bond motifs is 1. The molecule has 0 aliphatic rings. The van der Waals surface area contributed by atoms with E-state index in [-0.39, 0.29) is 11.9 Å². The average molecular weight is 283 g/mol. The Morgan fingerprint density at radius 1 is 1.33 bits per heavy atom. The fourth-order valence-electron chi connectivity index (χ4n) is 2.28. The monoisotopic (exact) mass is 283 g/mol. The SMILES string of the molecule is CC(C)n1nccc1NC(=O)c1cc2cc(N)ccc2[nH]1. The number of nitrogens with two attached hydrogens (primary N) is 1. The van der Waals surface area contributed by atoms with Crippen molar-refractivity contribution in [1.82, 2.24) is 14.8 Å². The number of aromatic amines is 1. The number of hydrogen-bond donors (Lipinski definition) is 3. The van der Waals surface area contributed by atoms with Gasteiger partial charge in [-0.1, -0.05) is 0 Å². The fraction of sp³-hybridized carbons (Fsp3) is 0.200. The Bertz CT molecular complexity index is 799. The Labute approximate surface area is 121 Å². The number of amides is 1. The number of benzene rings is 1. The van der Waals surface area contributed by atoms with Crippen LogP contribution in [0.2, 0.25) is 0 Å². The molecular weight excluding hydrogens is 266 g/mol. The minimum absolute atomic E-state index is 0.179. The maximum Gasteiger partial charge on any atom is 0.273 e. The minimum atomic E-state index is -0.202. The third-order valence-corrected chi connectivity index (χ3v) is 3.29. The Kier molecular flexibility index (Phi) is 3.13. The molecule has 21 heavy (non-hydrogen) atoms. The van der Waals surface area contributed by atoms with Crippen LogP contribution in [0.4, 0.5) is 11.5 Å². The van der Waals surface area contributed by atoms with Gasteiger partial charge < -0.3 is 16.0 Å². The molecule has 2 heterocycles. The number of nitrogen functional groups attached to an aromatic ring is 1. The third kappa shape index (κ3) is 2.47. The van der Waals surface area contributed by atoms with Crippen LogP contribution in [0.3, 0.4) is 0 Å². The molecule has 0 spiro atoms. The van der Waals surface area contributed by atoms with E-state index >= 15 is 0 Å². The van der Waals surface area contributed by atoms with E-state index in [1.54, 1.807) is 29.1 Å². The first-order valence-electron chi connectivity index (χ1n) is 6.77. The highest BCUT2D eigenvalue weighted by Crippen LogP contribution is 2.20. The van der Waals surface area contributed by atoms with Crippen LogP contribution in [0.5, 0.6) is 0 Å². The number of aromatic nitrogens is 3. The van der Waals surface area contributed by atoms with Crippen LogP contribution in [0, 0.1) is 0 Å². The van der Waals surface area contributed by atoms with Gasteiger partial charge >= 0.3 is 0 Å². The number of nitrogens with zero attached hydrogens (tertiary/aromatic N) is 2. The predicted octanol–water partition coefficient (Wildman–Crippen LogP) is 2.78. The molecule has 0 radical (unpaired) electrons. The highest BCUT2D eigenvalue weighted by molar-refractivity contribution is 6.05. The van der Waals surface area contributed by atoms with Crippen molar-refractivity contribution in [2.24, 2.45) is 0 Å². The molecule has 1 amide bonds. The molecule has 0 fully saturated rings. The van der Waals surface area contributed by atoms with Gasteiger partial charge in [0.05, 0.1) is 6.20 Å². The second-order valence-electron chi connectivity index (χ2n) is 5.24. The second-order valence-corrected chi connectivity index (χ2v) is 5.24. The molecule has 6 nitrogen and oxygen atoms in total. The van der Waals surface area contributed by atoms with E-state index in [4.69, 9.17) is 5.73 Å². The molecule has 1 aromatic carbocycles. The van der Waals surface area contributed by atoms with Gasteiger partial charge in [0.25, 0.3) is 5.91 Å². The van der Waals surface area contributed by atoms with Crippen LogP contribution in [0.25, 0.3) is 10.9 Å². The van der Waals surface area contributed by atoms with Gasteiger partial charge in [0.1, 0.15) is 11.5 Å². The summed E-state index contributed by atoms with van der Waals surface area (Å²) in [6.45, 7) is 4.02. The molecule has 0 aliphatic heterocycles. The molecule has 0 unspecified atom stereocenters. The van der Waals surface area contributed by atoms with Crippen molar-refractivity contribution >= 4 is 28.3 Å². The minimum Gasteiger partial charge on any atom is -0.399 e. The summed E-state index contributed by atoms with van der Waals surface area (Å²) in [7, 11) is 0. The third-order valence-electron chi connectivity index (χ3n) is 3.29. The highest BCUT2D eigenvalue weighted by atomic mass is 16.2. The summed E-state index contributed by atoms with van der Waals surface area (Å²) in [5, 5.41) is 7.97. The Hall–Kier alpha value is -2.76. The van der Waals surface area contributed by atoms with Crippen molar-refractivity contribution in [2.75, 3.05) is 11.1 Å². The molecule has 108 valence electrons. The number of rotatable bonds is 3. The van der Waals surface area contributed by atoms with Crippen LogP contribution < -0.4 is 11.1 Å². The molecule has 3 aromatic rings. The zero-order valence-corrected chi connectivity index (χ0v) is 11.9. The van der Waals surface area contributed by atoms with Crippen molar-refractivity contribution < 1.29 is 4.79 Å². The normalized spacial score (nSPS) is 11.2. The van der Waals surface area contributed by atoms with Crippen LogP contribution >= 0.6 is 0 Å². The van der Waals surface area contributed by atoms with E-state index in [1.807, 2.05) is 26.0 Å². The highest BCUT2D eigenvalue weighted by Gasteiger charge is 2.13. The van der Waals surface area contributed by atoms with Crippen molar-refractivity contribution in [3.8, 4) is 0 Å². The first-order chi connectivity index (χ1) is 10.0. The summed E-state index contributed by atoms with van der Waals surface area (Å²) in [4.78, 5) is 15.4. The van der Waals surface area contributed by atoms with Crippen molar-refractivity contribution in [1.29, 1.82) is 0 Å². The number of H-pyrrole nitrogens is 1. The lowest BCUT2D eigenvalue weighted by Crippen LogP contribution is -2.16. The second kappa shape index (κ2) is 4.97. The standard InChI is InChI=1S/C15H17N5O/c1-9(2)20-14(5-6-17-20)19-15(21)13-8-10-7-11(16)3-4-12(10)18-13/h3-9,18H,16H2,1-2H3,(H,19,21). The quantitative estimate of drug-likeness (QED) is 0.646. The summed E-state index contributed by atoms with van der Waals surface area (Å²) in [6, 6.07) is 9.24. The molecule has 0 bridgehead atoms. The topological polar surface area (TPSA) is 88.7 Å². The summed E-state index contributed by atoms with van der Waals surface area (Å²) in [5.74, 6) is 0.473. The average Bonchev–Trinajstić information content (AvgIpc) is 3.04. The largest absolute Gasteiger partial charge is 0.399 e. The van der Waals surface area contributed by atoms with E-state index in [9.17, 15) is 4.79 Å². The Morgan fingerprint density at radius 3 is 2.90 bits per heavy atom. The maximum absolute atomic E-state index is 12.3. The molecule has 0 atom stereocenters. The molecule has 6 heteroatoms. The number of carbonyl (C=O) groups is 1. The number of anilines is 2. The van der Waals surface area contributed by atoms with Gasteiger partial charge in [0.15, 0.2) is 0 Å². The zero-order valence-electron chi connectivity index (χ0n) is 11.9. The number of hydrogen-bond acceptors (Lipinski definition) is 3. The molecule has 0 aliphatic carbocycles. The van der Waals surface area contributed by atoms with Gasteiger partial charge in [-0.15, -0.1) is 0 Å². The molecule has 4 N–H and O–H groups in total. The summed E-state index contributed by atoms with van der Waals surface area (Å²) >= 11 is 0. The van der Waals surface area contributed by atoms with E-state index < -0.39 is 0 Å². The molecule has 0 saturated carbocycles. The van der Waals surface area contributed by atoms with E-state index in [2.05, 4.69) is 15.4 Å².